The van der Waals surface area contributed by atoms with Crippen molar-refractivity contribution in [3.8, 4) is 0 Å². The maximum atomic E-state index is 11.0. The summed E-state index contributed by atoms with van der Waals surface area (Å²) in [4.78, 5) is 11.0. The van der Waals surface area contributed by atoms with Gasteiger partial charge in [0.25, 0.3) is 0 Å². The minimum atomic E-state index is -2.55. The predicted molar refractivity (Wildman–Crippen MR) is 33.8 cm³/mol. The van der Waals surface area contributed by atoms with Gasteiger partial charge in [-0.1, -0.05) is 13.1 Å². The van der Waals surface area contributed by atoms with Crippen LogP contribution in [0.5, 0.6) is 0 Å². The van der Waals surface area contributed by atoms with Crippen molar-refractivity contribution in [3.05, 3.63) is 0 Å². The Labute approximate surface area is 100 Å². The molecule has 0 atom stereocenters. The van der Waals surface area contributed by atoms with Gasteiger partial charge in [-0.15, -0.1) is 0 Å². The topological polar surface area (TPSA) is 43.3 Å². The van der Waals surface area contributed by atoms with Gasteiger partial charge < -0.3 is 9.90 Å². The Morgan fingerprint density at radius 2 is 1.44 bits per heavy atom. The second-order valence-corrected chi connectivity index (χ2v) is 7.31. The summed E-state index contributed by atoms with van der Waals surface area (Å²) >= 11 is 0. The third-order valence-electron chi connectivity index (χ3n) is 1.47. The zero-order chi connectivity index (χ0) is 7.00. The van der Waals surface area contributed by atoms with Crippen LogP contribution in [0.15, 0.2) is 0 Å². The largest absolute Gasteiger partial charge is 1.00 e. The van der Waals surface area contributed by atoms with Crippen molar-refractivity contribution in [2.24, 2.45) is 0 Å². The third kappa shape index (κ3) is 5.09. The first kappa shape index (κ1) is 13.4. The van der Waals surface area contributed by atoms with E-state index in [0.29, 0.717) is 0 Å². The van der Waals surface area contributed by atoms with Gasteiger partial charge in [0.1, 0.15) is 0 Å². The summed E-state index contributed by atoms with van der Waals surface area (Å²) in [5, 5.41) is 8.12. The molecular weight excluding hydrogens is 159 g/mol. The molecule has 0 aliphatic heterocycles. The molecule has 0 spiro atoms. The Bertz CT molecular complexity index is 69.9. The quantitative estimate of drug-likeness (QED) is 0.425. The number of hydrogen-bond donors (Lipinski definition) is 1. The summed E-state index contributed by atoms with van der Waals surface area (Å²) in [5.41, 5.74) is 0. The summed E-state index contributed by atoms with van der Waals surface area (Å²) in [5.74, 6) is 0. The first-order valence-electron chi connectivity index (χ1n) is 2.68. The molecule has 50 valence electrons. The average molecular weight is 172 g/mol. The molecule has 9 heavy (non-hydrogen) atoms. The standard InChI is InChI=1S/C5H13O2Si.K/c1-5(2,6)8(3,4)7;/h6H,1-4H3;/q-1;+1. The molecular formula is C5H13KO2Si. The van der Waals surface area contributed by atoms with E-state index in [9.17, 15) is 4.80 Å². The van der Waals surface area contributed by atoms with Crippen molar-refractivity contribution in [2.45, 2.75) is 32.2 Å². The van der Waals surface area contributed by atoms with Gasteiger partial charge in [-0.25, -0.2) is 0 Å². The summed E-state index contributed by atoms with van der Waals surface area (Å²) in [6, 6.07) is 0. The second-order valence-electron chi connectivity index (χ2n) is 3.07. The van der Waals surface area contributed by atoms with Gasteiger partial charge in [-0.3, -0.25) is 0 Å². The molecule has 0 amide bonds. The maximum absolute atomic E-state index is 11.0. The van der Waals surface area contributed by atoms with Crippen LogP contribution < -0.4 is 56.2 Å². The molecule has 0 unspecified atom stereocenters. The molecule has 1 N–H and O–H groups in total. The van der Waals surface area contributed by atoms with Crippen LogP contribution in [0.1, 0.15) is 13.8 Å². The van der Waals surface area contributed by atoms with E-state index in [2.05, 4.69) is 0 Å². The van der Waals surface area contributed by atoms with Gasteiger partial charge in [0.2, 0.25) is 0 Å². The predicted octanol–water partition coefficient (Wildman–Crippen LogP) is -3.13. The molecule has 0 aromatic heterocycles. The van der Waals surface area contributed by atoms with E-state index >= 15 is 0 Å². The van der Waals surface area contributed by atoms with Crippen LogP contribution in [-0.2, 0) is 0 Å². The molecule has 0 bridgehead atoms. The van der Waals surface area contributed by atoms with Crippen LogP contribution in [0.25, 0.3) is 0 Å². The Hall–Kier alpha value is 1.77. The van der Waals surface area contributed by atoms with Crippen molar-refractivity contribution in [1.82, 2.24) is 0 Å². The molecule has 0 saturated carbocycles. The molecule has 0 heterocycles. The first-order valence-corrected chi connectivity index (χ1v) is 5.59. The number of rotatable bonds is 1. The molecule has 0 aromatic carbocycles. The molecule has 0 radical (unpaired) electrons. The van der Waals surface area contributed by atoms with Crippen molar-refractivity contribution in [1.29, 1.82) is 0 Å². The summed E-state index contributed by atoms with van der Waals surface area (Å²) < 4.78 is 0. The molecule has 0 fully saturated rings. The van der Waals surface area contributed by atoms with Gasteiger partial charge >= 0.3 is 51.4 Å². The van der Waals surface area contributed by atoms with Gasteiger partial charge in [0, 0.05) is 5.22 Å². The fourth-order valence-corrected chi connectivity index (χ4v) is 0. The zero-order valence-corrected chi connectivity index (χ0v) is 11.0. The van der Waals surface area contributed by atoms with Crippen molar-refractivity contribution in [3.63, 3.8) is 0 Å². The van der Waals surface area contributed by atoms with Crippen molar-refractivity contribution >= 4 is 8.32 Å². The van der Waals surface area contributed by atoms with Crippen LogP contribution in [0.2, 0.25) is 13.1 Å². The van der Waals surface area contributed by atoms with E-state index in [1.165, 1.54) is 0 Å². The fraction of sp³-hybridized carbons (Fsp3) is 1.00. The number of hydrogen-bond acceptors (Lipinski definition) is 2. The minimum Gasteiger partial charge on any atom is -0.857 e. The van der Waals surface area contributed by atoms with Crippen LogP contribution in [-0.4, -0.2) is 18.6 Å². The summed E-state index contributed by atoms with van der Waals surface area (Å²) in [6.07, 6.45) is 0. The summed E-state index contributed by atoms with van der Waals surface area (Å²) in [6.45, 7) is 6.36. The van der Waals surface area contributed by atoms with E-state index in [0.717, 1.165) is 0 Å². The number of aliphatic hydroxyl groups is 1. The average Bonchev–Trinajstić information content (AvgIpc) is 1.25. The summed E-state index contributed by atoms with van der Waals surface area (Å²) in [7, 11) is -2.55. The Morgan fingerprint density at radius 3 is 1.44 bits per heavy atom. The molecule has 0 rings (SSSR count). The monoisotopic (exact) mass is 172 g/mol. The fourth-order valence-electron chi connectivity index (χ4n) is 0. The Balaban J connectivity index is 0. The maximum Gasteiger partial charge on any atom is 1.00 e. The smallest absolute Gasteiger partial charge is 0.857 e. The van der Waals surface area contributed by atoms with E-state index in [-0.39, 0.29) is 51.4 Å². The normalized spacial score (nSPS) is 12.7. The van der Waals surface area contributed by atoms with Crippen LogP contribution in [0, 0.1) is 0 Å². The molecule has 0 aliphatic rings. The first-order chi connectivity index (χ1) is 3.25. The van der Waals surface area contributed by atoms with Crippen molar-refractivity contribution in [2.75, 3.05) is 0 Å². The SMILES string of the molecule is CC(C)(O)[Si](C)(C)[O-].[K+]. The molecule has 0 aromatic rings. The van der Waals surface area contributed by atoms with E-state index in [1.807, 2.05) is 0 Å². The van der Waals surface area contributed by atoms with Crippen LogP contribution in [0.4, 0.5) is 0 Å². The molecule has 4 heteroatoms. The van der Waals surface area contributed by atoms with Crippen LogP contribution >= 0.6 is 0 Å². The third-order valence-corrected chi connectivity index (χ3v) is 4.42. The van der Waals surface area contributed by atoms with Crippen molar-refractivity contribution < 1.29 is 61.3 Å². The Morgan fingerprint density at radius 1 is 1.33 bits per heavy atom. The van der Waals surface area contributed by atoms with E-state index in [4.69, 9.17) is 5.11 Å². The van der Waals surface area contributed by atoms with Gasteiger partial charge in [0.05, 0.1) is 0 Å². The minimum absolute atomic E-state index is 0. The zero-order valence-electron chi connectivity index (χ0n) is 6.86. The second kappa shape index (κ2) is 3.97. The van der Waals surface area contributed by atoms with Gasteiger partial charge in [0.15, 0.2) is 0 Å². The Kier molecular flexibility index (Phi) is 5.89. The van der Waals surface area contributed by atoms with Gasteiger partial charge in [-0.05, 0) is 22.2 Å². The molecule has 0 aliphatic carbocycles. The van der Waals surface area contributed by atoms with Crippen LogP contribution in [0.3, 0.4) is 0 Å². The van der Waals surface area contributed by atoms with Gasteiger partial charge in [-0.2, -0.15) is 0 Å². The molecule has 0 saturated heterocycles. The molecule has 2 nitrogen and oxygen atoms in total. The van der Waals surface area contributed by atoms with E-state index < -0.39 is 13.5 Å². The van der Waals surface area contributed by atoms with E-state index in [1.54, 1.807) is 26.9 Å².